The average molecular weight is 150 g/mol. The highest BCUT2D eigenvalue weighted by atomic mass is 15.3. The molecule has 0 spiro atoms. The molecule has 0 saturated heterocycles. The highest BCUT2D eigenvalue weighted by Gasteiger charge is 2.21. The van der Waals surface area contributed by atoms with E-state index in [9.17, 15) is 0 Å². The fourth-order valence-corrected chi connectivity index (χ4v) is 1.51. The third kappa shape index (κ3) is 0.971. The molecular weight excluding hydrogens is 136 g/mol. The van der Waals surface area contributed by atoms with Gasteiger partial charge >= 0.3 is 0 Å². The first-order valence-electron chi connectivity index (χ1n) is 4.30. The minimum absolute atomic E-state index is 0.712. The van der Waals surface area contributed by atoms with Gasteiger partial charge in [-0.2, -0.15) is 5.10 Å². The van der Waals surface area contributed by atoms with Gasteiger partial charge in [-0.3, -0.25) is 4.68 Å². The lowest BCUT2D eigenvalue weighted by molar-refractivity contribution is 0.284. The van der Waals surface area contributed by atoms with Crippen LogP contribution in [-0.4, -0.2) is 9.78 Å². The number of aromatic nitrogens is 2. The molecule has 0 aromatic carbocycles. The SMILES string of the molecule is Cc1cnn(C2CCC2)c1C. The van der Waals surface area contributed by atoms with Crippen molar-refractivity contribution in [2.45, 2.75) is 39.2 Å². The van der Waals surface area contributed by atoms with Crippen LogP contribution < -0.4 is 0 Å². The van der Waals surface area contributed by atoms with E-state index in [0.29, 0.717) is 6.04 Å². The third-order valence-corrected chi connectivity index (χ3v) is 2.71. The minimum atomic E-state index is 0.712. The van der Waals surface area contributed by atoms with E-state index in [-0.39, 0.29) is 0 Å². The fraction of sp³-hybridized carbons (Fsp3) is 0.667. The molecule has 1 aromatic rings. The predicted octanol–water partition coefficient (Wildman–Crippen LogP) is 2.22. The second kappa shape index (κ2) is 2.36. The molecule has 1 aliphatic rings. The summed E-state index contributed by atoms with van der Waals surface area (Å²) in [5, 5.41) is 4.35. The predicted molar refractivity (Wildman–Crippen MR) is 44.6 cm³/mol. The number of aryl methyl sites for hydroxylation is 1. The number of rotatable bonds is 1. The molecule has 0 N–H and O–H groups in total. The Hall–Kier alpha value is -0.790. The average Bonchev–Trinajstić information content (AvgIpc) is 2.15. The van der Waals surface area contributed by atoms with Crippen LogP contribution in [0.3, 0.4) is 0 Å². The Morgan fingerprint density at radius 1 is 1.45 bits per heavy atom. The molecule has 1 aromatic heterocycles. The number of hydrogen-bond donors (Lipinski definition) is 0. The third-order valence-electron chi connectivity index (χ3n) is 2.71. The molecular formula is C9H14N2. The molecule has 0 unspecified atom stereocenters. The molecule has 2 nitrogen and oxygen atoms in total. The van der Waals surface area contributed by atoms with Crippen LogP contribution in [0.25, 0.3) is 0 Å². The zero-order valence-electron chi connectivity index (χ0n) is 7.17. The van der Waals surface area contributed by atoms with Crippen LogP contribution >= 0.6 is 0 Å². The Kier molecular flexibility index (Phi) is 1.48. The normalized spacial score (nSPS) is 18.4. The van der Waals surface area contributed by atoms with Crippen LogP contribution in [0.15, 0.2) is 6.20 Å². The van der Waals surface area contributed by atoms with Gasteiger partial charge in [-0.05, 0) is 38.7 Å². The molecule has 11 heavy (non-hydrogen) atoms. The van der Waals surface area contributed by atoms with E-state index in [1.807, 2.05) is 6.20 Å². The van der Waals surface area contributed by atoms with E-state index >= 15 is 0 Å². The summed E-state index contributed by atoms with van der Waals surface area (Å²) in [6, 6.07) is 0.712. The van der Waals surface area contributed by atoms with Gasteiger partial charge in [0, 0.05) is 5.69 Å². The molecule has 1 fully saturated rings. The highest BCUT2D eigenvalue weighted by Crippen LogP contribution is 2.32. The quantitative estimate of drug-likeness (QED) is 0.600. The van der Waals surface area contributed by atoms with Crippen LogP contribution in [0, 0.1) is 13.8 Å². The van der Waals surface area contributed by atoms with Crippen molar-refractivity contribution in [2.75, 3.05) is 0 Å². The second-order valence-corrected chi connectivity index (χ2v) is 3.44. The Morgan fingerprint density at radius 2 is 2.18 bits per heavy atom. The van der Waals surface area contributed by atoms with E-state index < -0.39 is 0 Å². The van der Waals surface area contributed by atoms with Crippen molar-refractivity contribution in [1.82, 2.24) is 9.78 Å². The lowest BCUT2D eigenvalue weighted by Gasteiger charge is -2.26. The molecule has 0 bridgehead atoms. The minimum Gasteiger partial charge on any atom is -0.267 e. The van der Waals surface area contributed by atoms with Gasteiger partial charge in [0.25, 0.3) is 0 Å². The molecule has 1 heterocycles. The zero-order chi connectivity index (χ0) is 7.84. The van der Waals surface area contributed by atoms with Gasteiger partial charge in [0.15, 0.2) is 0 Å². The van der Waals surface area contributed by atoms with Gasteiger partial charge < -0.3 is 0 Å². The summed E-state index contributed by atoms with van der Waals surface area (Å²) >= 11 is 0. The maximum atomic E-state index is 4.35. The number of nitrogens with zero attached hydrogens (tertiary/aromatic N) is 2. The van der Waals surface area contributed by atoms with Gasteiger partial charge in [-0.15, -0.1) is 0 Å². The summed E-state index contributed by atoms with van der Waals surface area (Å²) < 4.78 is 2.18. The summed E-state index contributed by atoms with van der Waals surface area (Å²) in [6.07, 6.45) is 5.99. The van der Waals surface area contributed by atoms with Crippen molar-refractivity contribution < 1.29 is 0 Å². The molecule has 2 rings (SSSR count). The van der Waals surface area contributed by atoms with Gasteiger partial charge in [-0.1, -0.05) is 0 Å². The smallest absolute Gasteiger partial charge is 0.0522 e. The van der Waals surface area contributed by atoms with Gasteiger partial charge in [0.1, 0.15) is 0 Å². The van der Waals surface area contributed by atoms with Crippen LogP contribution in [0.1, 0.15) is 36.6 Å². The van der Waals surface area contributed by atoms with Gasteiger partial charge in [-0.25, -0.2) is 0 Å². The van der Waals surface area contributed by atoms with E-state index in [1.54, 1.807) is 0 Å². The topological polar surface area (TPSA) is 17.8 Å². The van der Waals surface area contributed by atoms with E-state index in [1.165, 1.54) is 30.5 Å². The maximum Gasteiger partial charge on any atom is 0.0522 e. The highest BCUT2D eigenvalue weighted by molar-refractivity contribution is 5.14. The first-order chi connectivity index (χ1) is 5.29. The Labute approximate surface area is 67.2 Å². The summed E-state index contributed by atoms with van der Waals surface area (Å²) in [5.74, 6) is 0. The molecule has 0 amide bonds. The standard InChI is InChI=1S/C9H14N2/c1-7-6-10-11(8(7)2)9-4-3-5-9/h6,9H,3-5H2,1-2H3. The first-order valence-corrected chi connectivity index (χ1v) is 4.30. The molecule has 0 radical (unpaired) electrons. The van der Waals surface area contributed by atoms with E-state index in [2.05, 4.69) is 23.6 Å². The summed E-state index contributed by atoms with van der Waals surface area (Å²) in [7, 11) is 0. The summed E-state index contributed by atoms with van der Waals surface area (Å²) in [6.45, 7) is 4.28. The Balaban J connectivity index is 2.29. The lowest BCUT2D eigenvalue weighted by atomic mass is 9.93. The summed E-state index contributed by atoms with van der Waals surface area (Å²) in [5.41, 5.74) is 2.66. The van der Waals surface area contributed by atoms with E-state index in [4.69, 9.17) is 0 Å². The molecule has 2 heteroatoms. The summed E-state index contributed by atoms with van der Waals surface area (Å²) in [4.78, 5) is 0. The molecule has 1 aliphatic carbocycles. The Morgan fingerprint density at radius 3 is 2.55 bits per heavy atom. The first kappa shape index (κ1) is 6.89. The Bertz CT molecular complexity index is 259. The lowest BCUT2D eigenvalue weighted by Crippen LogP contribution is -2.19. The van der Waals surface area contributed by atoms with Crippen LogP contribution in [0.2, 0.25) is 0 Å². The van der Waals surface area contributed by atoms with Crippen molar-refractivity contribution in [3.63, 3.8) is 0 Å². The van der Waals surface area contributed by atoms with Crippen molar-refractivity contribution in [2.24, 2.45) is 0 Å². The molecule has 0 atom stereocenters. The largest absolute Gasteiger partial charge is 0.267 e. The van der Waals surface area contributed by atoms with Gasteiger partial charge in [0.05, 0.1) is 12.2 Å². The van der Waals surface area contributed by atoms with Crippen LogP contribution in [0.4, 0.5) is 0 Å². The zero-order valence-corrected chi connectivity index (χ0v) is 7.17. The molecule has 0 aliphatic heterocycles. The molecule has 60 valence electrons. The van der Waals surface area contributed by atoms with E-state index in [0.717, 1.165) is 0 Å². The van der Waals surface area contributed by atoms with Crippen molar-refractivity contribution in [3.05, 3.63) is 17.5 Å². The van der Waals surface area contributed by atoms with Crippen molar-refractivity contribution >= 4 is 0 Å². The van der Waals surface area contributed by atoms with Crippen molar-refractivity contribution in [1.29, 1.82) is 0 Å². The van der Waals surface area contributed by atoms with Gasteiger partial charge in [0.2, 0.25) is 0 Å². The second-order valence-electron chi connectivity index (χ2n) is 3.44. The maximum absolute atomic E-state index is 4.35. The van der Waals surface area contributed by atoms with Crippen LogP contribution in [-0.2, 0) is 0 Å². The number of hydrogen-bond acceptors (Lipinski definition) is 1. The fourth-order valence-electron chi connectivity index (χ4n) is 1.51. The molecule has 1 saturated carbocycles. The van der Waals surface area contributed by atoms with Crippen molar-refractivity contribution in [3.8, 4) is 0 Å². The van der Waals surface area contributed by atoms with Crippen LogP contribution in [0.5, 0.6) is 0 Å². The monoisotopic (exact) mass is 150 g/mol.